The number of carbonyl (C=O) groups is 1. The topological polar surface area (TPSA) is 54.0 Å². The van der Waals surface area contributed by atoms with Gasteiger partial charge in [0.15, 0.2) is 11.6 Å². The highest BCUT2D eigenvalue weighted by atomic mass is 19.1. The maximum absolute atomic E-state index is 13.1. The zero-order chi connectivity index (χ0) is 12.8. The molecule has 1 aromatic rings. The zero-order valence-corrected chi connectivity index (χ0v) is 9.76. The summed E-state index contributed by atoms with van der Waals surface area (Å²) in [6.45, 7) is 3.95. The molecule has 0 saturated carbocycles. The Morgan fingerprint density at radius 1 is 1.47 bits per heavy atom. The first-order valence-electron chi connectivity index (χ1n) is 5.33. The lowest BCUT2D eigenvalue weighted by Gasteiger charge is -2.09. The molecule has 0 bridgehead atoms. The van der Waals surface area contributed by atoms with Crippen molar-refractivity contribution in [2.24, 2.45) is 0 Å². The monoisotopic (exact) mass is 243 g/mol. The predicted molar refractivity (Wildman–Crippen MR) is 60.5 cm³/mol. The van der Waals surface area contributed by atoms with Gasteiger partial charge in [-0.1, -0.05) is 0 Å². The van der Waals surface area contributed by atoms with Gasteiger partial charge in [-0.2, -0.15) is 0 Å². The average Bonchev–Trinajstić information content (AvgIpc) is 2.20. The quantitative estimate of drug-likeness (QED) is 0.827. The van der Waals surface area contributed by atoms with Crippen LogP contribution in [-0.4, -0.2) is 23.5 Å². The largest absolute Gasteiger partial charge is 0.367 e. The Morgan fingerprint density at radius 3 is 2.76 bits per heavy atom. The number of carbonyl (C=O) groups excluding carboxylic acids is 1. The number of halogens is 2. The van der Waals surface area contributed by atoms with E-state index in [0.717, 1.165) is 12.3 Å². The van der Waals surface area contributed by atoms with E-state index in [9.17, 15) is 13.6 Å². The number of pyridine rings is 1. The van der Waals surface area contributed by atoms with Crippen molar-refractivity contribution in [3.8, 4) is 0 Å². The number of hydrogen-bond acceptors (Lipinski definition) is 3. The average molecular weight is 243 g/mol. The van der Waals surface area contributed by atoms with Crippen molar-refractivity contribution >= 4 is 11.7 Å². The summed E-state index contributed by atoms with van der Waals surface area (Å²) >= 11 is 0. The van der Waals surface area contributed by atoms with Crippen LogP contribution in [0.3, 0.4) is 0 Å². The van der Waals surface area contributed by atoms with Crippen LogP contribution in [0.1, 0.15) is 20.3 Å². The molecule has 0 aliphatic rings. The van der Waals surface area contributed by atoms with Gasteiger partial charge in [-0.3, -0.25) is 4.79 Å². The lowest BCUT2D eigenvalue weighted by atomic mass is 10.3. The molecule has 1 rings (SSSR count). The molecule has 0 unspecified atom stereocenters. The summed E-state index contributed by atoms with van der Waals surface area (Å²) in [4.78, 5) is 14.8. The normalized spacial score (nSPS) is 10.4. The van der Waals surface area contributed by atoms with Gasteiger partial charge in [-0.15, -0.1) is 0 Å². The Bertz CT molecular complexity index is 396. The van der Waals surface area contributed by atoms with E-state index in [1.807, 2.05) is 13.8 Å². The van der Waals surface area contributed by atoms with Crippen molar-refractivity contribution in [2.75, 3.05) is 11.9 Å². The Morgan fingerprint density at radius 2 is 2.18 bits per heavy atom. The van der Waals surface area contributed by atoms with Crippen LogP contribution in [-0.2, 0) is 4.79 Å². The van der Waals surface area contributed by atoms with E-state index < -0.39 is 11.6 Å². The second-order valence-electron chi connectivity index (χ2n) is 3.88. The van der Waals surface area contributed by atoms with Crippen molar-refractivity contribution in [2.45, 2.75) is 26.3 Å². The molecule has 6 heteroatoms. The fourth-order valence-corrected chi connectivity index (χ4v) is 1.23. The molecule has 0 fully saturated rings. The van der Waals surface area contributed by atoms with E-state index >= 15 is 0 Å². The Labute approximate surface area is 98.4 Å². The van der Waals surface area contributed by atoms with Crippen molar-refractivity contribution in [3.63, 3.8) is 0 Å². The lowest BCUT2D eigenvalue weighted by Crippen LogP contribution is -2.31. The highest BCUT2D eigenvalue weighted by molar-refractivity contribution is 5.76. The number of amides is 1. The third kappa shape index (κ3) is 4.76. The van der Waals surface area contributed by atoms with Gasteiger partial charge in [-0.05, 0) is 13.8 Å². The van der Waals surface area contributed by atoms with Crippen molar-refractivity contribution in [1.29, 1.82) is 0 Å². The van der Waals surface area contributed by atoms with Gasteiger partial charge in [0, 0.05) is 25.1 Å². The second-order valence-corrected chi connectivity index (χ2v) is 3.88. The van der Waals surface area contributed by atoms with E-state index in [4.69, 9.17) is 0 Å². The molecule has 0 aromatic carbocycles. The van der Waals surface area contributed by atoms with E-state index in [1.54, 1.807) is 0 Å². The first kappa shape index (κ1) is 13.3. The van der Waals surface area contributed by atoms with Crippen molar-refractivity contribution in [3.05, 3.63) is 23.9 Å². The summed E-state index contributed by atoms with van der Waals surface area (Å²) < 4.78 is 25.7. The van der Waals surface area contributed by atoms with Crippen LogP contribution in [0.5, 0.6) is 0 Å². The van der Waals surface area contributed by atoms with Crippen LogP contribution in [0, 0.1) is 11.6 Å². The van der Waals surface area contributed by atoms with E-state index in [-0.39, 0.29) is 30.7 Å². The molecule has 0 aliphatic carbocycles. The summed E-state index contributed by atoms with van der Waals surface area (Å²) in [6, 6.07) is 0.812. The van der Waals surface area contributed by atoms with Gasteiger partial charge in [0.25, 0.3) is 0 Å². The van der Waals surface area contributed by atoms with Crippen LogP contribution in [0.2, 0.25) is 0 Å². The lowest BCUT2D eigenvalue weighted by molar-refractivity contribution is -0.121. The summed E-state index contributed by atoms with van der Waals surface area (Å²) in [5, 5.41) is 5.33. The summed E-state index contributed by atoms with van der Waals surface area (Å²) in [6.07, 6.45) is 1.12. The molecule has 0 saturated heterocycles. The number of rotatable bonds is 5. The SMILES string of the molecule is CC(C)NC(=O)CCNc1ncc(F)cc1F. The number of anilines is 1. The van der Waals surface area contributed by atoms with Crippen molar-refractivity contribution in [1.82, 2.24) is 10.3 Å². The van der Waals surface area contributed by atoms with Crippen LogP contribution in [0.25, 0.3) is 0 Å². The van der Waals surface area contributed by atoms with E-state index in [0.29, 0.717) is 0 Å². The Kier molecular flexibility index (Phi) is 4.81. The molecule has 4 nitrogen and oxygen atoms in total. The van der Waals surface area contributed by atoms with Gasteiger partial charge >= 0.3 is 0 Å². The predicted octanol–water partition coefficient (Wildman–Crippen LogP) is 1.69. The molecule has 0 atom stereocenters. The minimum atomic E-state index is -0.769. The highest BCUT2D eigenvalue weighted by Crippen LogP contribution is 2.10. The minimum absolute atomic E-state index is 0.0521. The van der Waals surface area contributed by atoms with Gasteiger partial charge in [0.05, 0.1) is 6.20 Å². The maximum atomic E-state index is 13.1. The van der Waals surface area contributed by atoms with Crippen LogP contribution < -0.4 is 10.6 Å². The first-order chi connectivity index (χ1) is 7.99. The first-order valence-corrected chi connectivity index (χ1v) is 5.33. The Hall–Kier alpha value is -1.72. The highest BCUT2D eigenvalue weighted by Gasteiger charge is 2.06. The summed E-state index contributed by atoms with van der Waals surface area (Å²) in [5.74, 6) is -1.68. The fraction of sp³-hybridized carbons (Fsp3) is 0.455. The summed E-state index contributed by atoms with van der Waals surface area (Å²) in [7, 11) is 0. The third-order valence-corrected chi connectivity index (χ3v) is 1.90. The molecule has 94 valence electrons. The van der Waals surface area contributed by atoms with Crippen LogP contribution in [0.15, 0.2) is 12.3 Å². The molecule has 2 N–H and O–H groups in total. The molecule has 0 radical (unpaired) electrons. The van der Waals surface area contributed by atoms with Crippen molar-refractivity contribution < 1.29 is 13.6 Å². The number of nitrogens with one attached hydrogen (secondary N) is 2. The Balaban J connectivity index is 2.38. The number of aromatic nitrogens is 1. The summed E-state index contributed by atoms with van der Waals surface area (Å²) in [5.41, 5.74) is 0. The molecule has 0 spiro atoms. The van der Waals surface area contributed by atoms with Crippen LogP contribution >= 0.6 is 0 Å². The third-order valence-electron chi connectivity index (χ3n) is 1.90. The molecular formula is C11H15F2N3O. The van der Waals surface area contributed by atoms with Crippen LogP contribution in [0.4, 0.5) is 14.6 Å². The molecule has 1 amide bonds. The zero-order valence-electron chi connectivity index (χ0n) is 9.76. The van der Waals surface area contributed by atoms with Gasteiger partial charge in [0.1, 0.15) is 5.82 Å². The molecule has 1 aromatic heterocycles. The molecule has 17 heavy (non-hydrogen) atoms. The van der Waals surface area contributed by atoms with Gasteiger partial charge in [0.2, 0.25) is 5.91 Å². The van der Waals surface area contributed by atoms with Gasteiger partial charge in [-0.25, -0.2) is 13.8 Å². The molecule has 0 aliphatic heterocycles. The number of hydrogen-bond donors (Lipinski definition) is 2. The van der Waals surface area contributed by atoms with Gasteiger partial charge < -0.3 is 10.6 Å². The fourth-order valence-electron chi connectivity index (χ4n) is 1.23. The number of nitrogens with zero attached hydrogens (tertiary/aromatic N) is 1. The second kappa shape index (κ2) is 6.12. The standard InChI is InChI=1S/C11H15F2N3O/c1-7(2)16-10(17)3-4-14-11-9(13)5-8(12)6-15-11/h5-7H,3-4H2,1-2H3,(H,14,15)(H,16,17). The molecule has 1 heterocycles. The minimum Gasteiger partial charge on any atom is -0.367 e. The smallest absolute Gasteiger partial charge is 0.221 e. The molecular weight excluding hydrogens is 228 g/mol. The van der Waals surface area contributed by atoms with E-state index in [1.165, 1.54) is 0 Å². The van der Waals surface area contributed by atoms with E-state index in [2.05, 4.69) is 15.6 Å². The maximum Gasteiger partial charge on any atom is 0.221 e.